The number of halogens is 2. The lowest BCUT2D eigenvalue weighted by molar-refractivity contribution is -0.384. The van der Waals surface area contributed by atoms with E-state index in [0.29, 0.717) is 19.0 Å². The molecule has 0 aliphatic carbocycles. The van der Waals surface area contributed by atoms with E-state index in [1.165, 1.54) is 0 Å². The van der Waals surface area contributed by atoms with E-state index in [9.17, 15) is 27.3 Å². The van der Waals surface area contributed by atoms with Crippen molar-refractivity contribution in [3.8, 4) is 0 Å². The number of rotatable bonds is 7. The van der Waals surface area contributed by atoms with Gasteiger partial charge < -0.3 is 5.32 Å². The van der Waals surface area contributed by atoms with E-state index in [1.54, 1.807) is 24.1 Å². The van der Waals surface area contributed by atoms with Gasteiger partial charge in [-0.25, -0.2) is 8.42 Å². The number of hydrogen-bond donors (Lipinski definition) is 1. The van der Waals surface area contributed by atoms with Gasteiger partial charge in [-0.2, -0.15) is 13.9 Å². The SMILES string of the molecule is Cn1cc(CCNc2ccc(S(=O)(=O)C(F)F)cc2[N+](=O)[O-])cn1. The second-order valence-electron chi connectivity index (χ2n) is 4.94. The molecule has 8 nitrogen and oxygen atoms in total. The summed E-state index contributed by atoms with van der Waals surface area (Å²) in [6, 6.07) is 2.66. The molecule has 0 aliphatic heterocycles. The van der Waals surface area contributed by atoms with Gasteiger partial charge >= 0.3 is 5.76 Å². The molecule has 1 aromatic heterocycles. The molecule has 1 heterocycles. The van der Waals surface area contributed by atoms with Crippen LogP contribution < -0.4 is 5.32 Å². The van der Waals surface area contributed by atoms with Gasteiger partial charge in [0.05, 0.1) is 16.0 Å². The van der Waals surface area contributed by atoms with Gasteiger partial charge in [0.1, 0.15) is 5.69 Å². The van der Waals surface area contributed by atoms with Crippen LogP contribution in [0.15, 0.2) is 35.5 Å². The van der Waals surface area contributed by atoms with E-state index in [0.717, 1.165) is 17.7 Å². The molecule has 0 saturated carbocycles. The summed E-state index contributed by atoms with van der Waals surface area (Å²) in [5, 5.41) is 17.9. The Labute approximate surface area is 136 Å². The number of alkyl halides is 2. The molecule has 1 aromatic carbocycles. The van der Waals surface area contributed by atoms with Crippen LogP contribution in [0.5, 0.6) is 0 Å². The third-order valence-corrected chi connectivity index (χ3v) is 4.60. The highest BCUT2D eigenvalue weighted by Crippen LogP contribution is 2.29. The van der Waals surface area contributed by atoms with Crippen molar-refractivity contribution in [2.45, 2.75) is 17.1 Å². The monoisotopic (exact) mass is 360 g/mol. The summed E-state index contributed by atoms with van der Waals surface area (Å²) in [7, 11) is -3.13. The Hall–Kier alpha value is -2.56. The van der Waals surface area contributed by atoms with E-state index in [4.69, 9.17) is 0 Å². The second-order valence-corrected chi connectivity index (χ2v) is 6.86. The normalized spacial score (nSPS) is 11.7. The maximum Gasteiger partial charge on any atom is 0.341 e. The van der Waals surface area contributed by atoms with Gasteiger partial charge in [-0.15, -0.1) is 0 Å². The van der Waals surface area contributed by atoms with Gasteiger partial charge in [-0.3, -0.25) is 14.8 Å². The molecule has 130 valence electrons. The molecule has 2 rings (SSSR count). The van der Waals surface area contributed by atoms with Gasteiger partial charge in [-0.05, 0) is 24.1 Å². The van der Waals surface area contributed by atoms with E-state index < -0.39 is 31.1 Å². The number of anilines is 1. The first-order chi connectivity index (χ1) is 11.2. The molecule has 24 heavy (non-hydrogen) atoms. The van der Waals surface area contributed by atoms with Crippen molar-refractivity contribution in [2.75, 3.05) is 11.9 Å². The molecule has 2 aromatic rings. The van der Waals surface area contributed by atoms with Gasteiger partial charge in [0.15, 0.2) is 0 Å². The van der Waals surface area contributed by atoms with Crippen LogP contribution in [0.1, 0.15) is 5.56 Å². The Morgan fingerprint density at radius 1 is 1.42 bits per heavy atom. The summed E-state index contributed by atoms with van der Waals surface area (Å²) in [4.78, 5) is 9.46. The summed E-state index contributed by atoms with van der Waals surface area (Å²) in [6.45, 7) is 0.327. The predicted octanol–water partition coefficient (Wildman–Crippen LogP) is 1.98. The first kappa shape index (κ1) is 17.8. The highest BCUT2D eigenvalue weighted by atomic mass is 32.2. The number of hydrogen-bond acceptors (Lipinski definition) is 6. The summed E-state index contributed by atoms with van der Waals surface area (Å²) >= 11 is 0. The highest BCUT2D eigenvalue weighted by molar-refractivity contribution is 7.91. The van der Waals surface area contributed by atoms with Crippen molar-refractivity contribution >= 4 is 21.2 Å². The maximum atomic E-state index is 12.5. The Morgan fingerprint density at radius 3 is 2.67 bits per heavy atom. The fourth-order valence-corrected chi connectivity index (χ4v) is 2.77. The number of benzene rings is 1. The number of nitro groups is 1. The Bertz CT molecular complexity index is 851. The van der Waals surface area contributed by atoms with Crippen LogP contribution in [0.4, 0.5) is 20.2 Å². The lowest BCUT2D eigenvalue weighted by atomic mass is 10.2. The Balaban J connectivity index is 2.19. The van der Waals surface area contributed by atoms with Gasteiger partial charge in [-0.1, -0.05) is 0 Å². The summed E-state index contributed by atoms with van der Waals surface area (Å²) in [5.41, 5.74) is 0.379. The lowest BCUT2D eigenvalue weighted by Gasteiger charge is -2.08. The van der Waals surface area contributed by atoms with Gasteiger partial charge in [0.2, 0.25) is 9.84 Å². The van der Waals surface area contributed by atoms with Crippen molar-refractivity contribution < 1.29 is 22.1 Å². The number of aromatic nitrogens is 2. The third-order valence-electron chi connectivity index (χ3n) is 3.22. The average Bonchev–Trinajstić information content (AvgIpc) is 2.92. The van der Waals surface area contributed by atoms with Crippen molar-refractivity contribution in [1.29, 1.82) is 0 Å². The van der Waals surface area contributed by atoms with E-state index in [1.807, 2.05) is 0 Å². The van der Waals surface area contributed by atoms with Crippen molar-refractivity contribution in [2.24, 2.45) is 7.05 Å². The minimum Gasteiger partial charge on any atom is -0.379 e. The quantitative estimate of drug-likeness (QED) is 0.598. The van der Waals surface area contributed by atoms with Crippen molar-refractivity contribution in [3.63, 3.8) is 0 Å². The van der Waals surface area contributed by atoms with Crippen LogP contribution in [0, 0.1) is 10.1 Å². The number of sulfone groups is 1. The molecule has 0 bridgehead atoms. The third kappa shape index (κ3) is 3.85. The summed E-state index contributed by atoms with van der Waals surface area (Å²) in [6.07, 6.45) is 3.96. The minimum absolute atomic E-state index is 0.0529. The zero-order valence-electron chi connectivity index (χ0n) is 12.5. The molecule has 0 fully saturated rings. The maximum absolute atomic E-state index is 12.5. The lowest BCUT2D eigenvalue weighted by Crippen LogP contribution is -2.12. The fourth-order valence-electron chi connectivity index (χ4n) is 2.03. The largest absolute Gasteiger partial charge is 0.379 e. The van der Waals surface area contributed by atoms with E-state index in [2.05, 4.69) is 10.4 Å². The smallest absolute Gasteiger partial charge is 0.341 e. The molecule has 0 unspecified atom stereocenters. The number of aryl methyl sites for hydroxylation is 1. The van der Waals surface area contributed by atoms with Gasteiger partial charge in [0.25, 0.3) is 5.69 Å². The molecule has 11 heteroatoms. The van der Waals surface area contributed by atoms with Crippen LogP contribution in [0.25, 0.3) is 0 Å². The Kier molecular flexibility index (Phi) is 5.12. The topological polar surface area (TPSA) is 107 Å². The molecular formula is C13H14F2N4O4S. The summed E-state index contributed by atoms with van der Waals surface area (Å²) in [5.74, 6) is -3.64. The standard InChI is InChI=1S/C13H14F2N4O4S/c1-18-8-9(7-17-18)4-5-16-11-3-2-10(6-12(11)19(20)21)24(22,23)13(14)15/h2-3,6-8,13,16H,4-5H2,1H3. The summed E-state index contributed by atoms with van der Waals surface area (Å²) < 4.78 is 49.5. The molecule has 0 spiro atoms. The zero-order valence-corrected chi connectivity index (χ0v) is 13.3. The number of nitrogens with zero attached hydrogens (tertiary/aromatic N) is 3. The Morgan fingerprint density at radius 2 is 2.12 bits per heavy atom. The first-order valence-electron chi connectivity index (χ1n) is 6.73. The van der Waals surface area contributed by atoms with Crippen molar-refractivity contribution in [1.82, 2.24) is 9.78 Å². The molecule has 0 aliphatic rings. The second kappa shape index (κ2) is 6.91. The fraction of sp³-hybridized carbons (Fsp3) is 0.308. The van der Waals surface area contributed by atoms with Gasteiger partial charge in [0, 0.05) is 25.9 Å². The highest BCUT2D eigenvalue weighted by Gasteiger charge is 2.29. The molecular weight excluding hydrogens is 346 g/mol. The molecule has 0 radical (unpaired) electrons. The first-order valence-corrected chi connectivity index (χ1v) is 8.28. The van der Waals surface area contributed by atoms with E-state index in [-0.39, 0.29) is 5.69 Å². The van der Waals surface area contributed by atoms with Crippen LogP contribution in [0.2, 0.25) is 0 Å². The minimum atomic E-state index is -4.89. The number of nitro benzene ring substituents is 1. The molecule has 0 saturated heterocycles. The van der Waals surface area contributed by atoms with Crippen LogP contribution in [-0.2, 0) is 23.3 Å². The number of nitrogens with one attached hydrogen (secondary N) is 1. The molecule has 0 atom stereocenters. The predicted molar refractivity (Wildman–Crippen MR) is 81.7 cm³/mol. The van der Waals surface area contributed by atoms with Crippen LogP contribution in [0.3, 0.4) is 0 Å². The zero-order chi connectivity index (χ0) is 17.9. The van der Waals surface area contributed by atoms with Crippen LogP contribution >= 0.6 is 0 Å². The average molecular weight is 360 g/mol. The van der Waals surface area contributed by atoms with Crippen LogP contribution in [-0.4, -0.2) is 35.4 Å². The molecule has 0 amide bonds. The van der Waals surface area contributed by atoms with Crippen molar-refractivity contribution in [3.05, 3.63) is 46.3 Å². The van der Waals surface area contributed by atoms with E-state index >= 15 is 0 Å². The molecule has 1 N–H and O–H groups in total.